The van der Waals surface area contributed by atoms with E-state index in [4.69, 9.17) is 4.74 Å². The molecule has 1 heterocycles. The van der Waals surface area contributed by atoms with E-state index in [-0.39, 0.29) is 6.54 Å². The van der Waals surface area contributed by atoms with Crippen molar-refractivity contribution in [3.8, 4) is 0 Å². The van der Waals surface area contributed by atoms with Crippen LogP contribution in [0.15, 0.2) is 0 Å². The molecule has 6 nitrogen and oxygen atoms in total. The van der Waals surface area contributed by atoms with Crippen LogP contribution >= 0.6 is 0 Å². The van der Waals surface area contributed by atoms with Crippen molar-refractivity contribution < 1.29 is 24.2 Å². The molecule has 1 rings (SSSR count). The minimum Gasteiger partial charge on any atom is -0.469 e. The number of hydrogen-bond acceptors (Lipinski definition) is 5. The predicted molar refractivity (Wildman–Crippen MR) is 68.6 cm³/mol. The number of nitrogens with zero attached hydrogens (tertiary/aromatic N) is 1. The molecule has 0 aromatic carbocycles. The molecule has 1 saturated heterocycles. The molecule has 0 spiro atoms. The predicted octanol–water partition coefficient (Wildman–Crippen LogP) is 1.17. The molecule has 1 aliphatic rings. The zero-order valence-electron chi connectivity index (χ0n) is 12.0. The second-order valence-electron chi connectivity index (χ2n) is 5.77. The second kappa shape index (κ2) is 6.23. The molecule has 0 aromatic heterocycles. The summed E-state index contributed by atoms with van der Waals surface area (Å²) in [5.41, 5.74) is -0.581. The summed E-state index contributed by atoms with van der Waals surface area (Å²) >= 11 is 0. The van der Waals surface area contributed by atoms with Gasteiger partial charge in [-0.25, -0.2) is 4.79 Å². The molecule has 0 radical (unpaired) electrons. The van der Waals surface area contributed by atoms with E-state index in [1.54, 1.807) is 20.8 Å². The number of carbonyl (C=O) groups is 2. The van der Waals surface area contributed by atoms with Gasteiger partial charge in [-0.1, -0.05) is 0 Å². The third-order valence-corrected chi connectivity index (χ3v) is 2.97. The van der Waals surface area contributed by atoms with Gasteiger partial charge in [-0.05, 0) is 33.6 Å². The van der Waals surface area contributed by atoms with Crippen LogP contribution in [0.4, 0.5) is 4.79 Å². The van der Waals surface area contributed by atoms with Gasteiger partial charge in [0.25, 0.3) is 0 Å². The molecular formula is C13H23NO5. The van der Waals surface area contributed by atoms with Crippen LogP contribution < -0.4 is 0 Å². The molecule has 0 bridgehead atoms. The van der Waals surface area contributed by atoms with Crippen molar-refractivity contribution in [2.75, 3.05) is 20.2 Å². The lowest BCUT2D eigenvalue weighted by Gasteiger charge is -2.28. The Balaban J connectivity index is 2.74. The Bertz CT molecular complexity index is 336. The van der Waals surface area contributed by atoms with Crippen molar-refractivity contribution in [2.24, 2.45) is 5.92 Å². The molecule has 1 fully saturated rings. The summed E-state index contributed by atoms with van der Waals surface area (Å²) in [4.78, 5) is 25.1. The fourth-order valence-electron chi connectivity index (χ4n) is 2.02. The monoisotopic (exact) mass is 273 g/mol. The van der Waals surface area contributed by atoms with Crippen LogP contribution in [0.3, 0.4) is 0 Å². The number of methoxy groups -OCH3 is 1. The van der Waals surface area contributed by atoms with Crippen LogP contribution in [-0.4, -0.2) is 54.0 Å². The zero-order chi connectivity index (χ0) is 14.6. The van der Waals surface area contributed by atoms with Gasteiger partial charge in [0.15, 0.2) is 0 Å². The molecule has 1 amide bonds. The van der Waals surface area contributed by atoms with Crippen molar-refractivity contribution >= 4 is 12.1 Å². The summed E-state index contributed by atoms with van der Waals surface area (Å²) in [5, 5.41) is 9.90. The Labute approximate surface area is 113 Å². The molecule has 0 aliphatic carbocycles. The summed E-state index contributed by atoms with van der Waals surface area (Å²) in [5.74, 6) is -1.21. The minimum absolute atomic E-state index is 0.128. The van der Waals surface area contributed by atoms with E-state index < -0.39 is 29.7 Å². The zero-order valence-corrected chi connectivity index (χ0v) is 12.0. The third kappa shape index (κ3) is 4.70. The number of rotatable bonds is 1. The summed E-state index contributed by atoms with van der Waals surface area (Å²) in [6.45, 7) is 5.96. The van der Waals surface area contributed by atoms with Crippen LogP contribution in [0.2, 0.25) is 0 Å². The number of hydrogen-bond donors (Lipinski definition) is 1. The summed E-state index contributed by atoms with van der Waals surface area (Å²) in [6, 6.07) is 0. The van der Waals surface area contributed by atoms with Crippen molar-refractivity contribution in [1.82, 2.24) is 4.90 Å². The van der Waals surface area contributed by atoms with E-state index in [1.165, 1.54) is 12.0 Å². The molecule has 6 heteroatoms. The quantitative estimate of drug-likeness (QED) is 0.726. The molecule has 19 heavy (non-hydrogen) atoms. The van der Waals surface area contributed by atoms with Crippen molar-refractivity contribution in [2.45, 2.75) is 45.3 Å². The highest BCUT2D eigenvalue weighted by atomic mass is 16.6. The van der Waals surface area contributed by atoms with Gasteiger partial charge in [0.1, 0.15) is 11.5 Å². The van der Waals surface area contributed by atoms with Crippen LogP contribution in [-0.2, 0) is 14.3 Å². The minimum atomic E-state index is -0.778. The van der Waals surface area contributed by atoms with Crippen molar-refractivity contribution in [1.29, 1.82) is 0 Å². The van der Waals surface area contributed by atoms with Crippen LogP contribution in [0, 0.1) is 5.92 Å². The van der Waals surface area contributed by atoms with Crippen molar-refractivity contribution in [3.05, 3.63) is 0 Å². The summed E-state index contributed by atoms with van der Waals surface area (Å²) in [6.07, 6.45) is -0.136. The number of amides is 1. The van der Waals surface area contributed by atoms with E-state index in [0.717, 1.165) is 0 Å². The Hall–Kier alpha value is -1.30. The maximum atomic E-state index is 12.0. The lowest BCUT2D eigenvalue weighted by molar-refractivity contribution is -0.149. The number of esters is 1. The molecule has 0 saturated carbocycles. The first kappa shape index (κ1) is 15.8. The smallest absolute Gasteiger partial charge is 0.410 e. The Morgan fingerprint density at radius 1 is 1.32 bits per heavy atom. The second-order valence-corrected chi connectivity index (χ2v) is 5.77. The Morgan fingerprint density at radius 2 is 1.95 bits per heavy atom. The van der Waals surface area contributed by atoms with Crippen LogP contribution in [0.25, 0.3) is 0 Å². The number of carbonyl (C=O) groups excluding carboxylic acids is 2. The van der Waals surface area contributed by atoms with E-state index >= 15 is 0 Å². The highest BCUT2D eigenvalue weighted by molar-refractivity contribution is 5.75. The average Bonchev–Trinajstić information content (AvgIpc) is 2.48. The maximum absolute atomic E-state index is 12.0. The number of likely N-dealkylation sites (tertiary alicyclic amines) is 1. The average molecular weight is 273 g/mol. The summed E-state index contributed by atoms with van der Waals surface area (Å²) < 4.78 is 9.95. The standard InChI is InChI=1S/C13H23NO5/c1-13(2,3)19-12(17)14-7-5-6-10(15)9(8-14)11(16)18-4/h9-10,15H,5-8H2,1-4H3. The highest BCUT2D eigenvalue weighted by Crippen LogP contribution is 2.20. The first-order valence-electron chi connectivity index (χ1n) is 6.48. The van der Waals surface area contributed by atoms with E-state index in [0.29, 0.717) is 19.4 Å². The fourth-order valence-corrected chi connectivity index (χ4v) is 2.02. The van der Waals surface area contributed by atoms with Gasteiger partial charge in [0.2, 0.25) is 0 Å². The molecule has 1 aliphatic heterocycles. The number of aliphatic hydroxyl groups excluding tert-OH is 1. The van der Waals surface area contributed by atoms with Crippen molar-refractivity contribution in [3.63, 3.8) is 0 Å². The number of aliphatic hydroxyl groups is 1. The van der Waals surface area contributed by atoms with Crippen LogP contribution in [0.5, 0.6) is 0 Å². The molecule has 0 aromatic rings. The van der Waals surface area contributed by atoms with Gasteiger partial charge in [-0.3, -0.25) is 4.79 Å². The van der Waals surface area contributed by atoms with E-state index in [1.807, 2.05) is 0 Å². The molecule has 1 N–H and O–H groups in total. The highest BCUT2D eigenvalue weighted by Gasteiger charge is 2.35. The summed E-state index contributed by atoms with van der Waals surface area (Å²) in [7, 11) is 1.28. The topological polar surface area (TPSA) is 76.1 Å². The number of ether oxygens (including phenoxy) is 2. The molecular weight excluding hydrogens is 250 g/mol. The first-order chi connectivity index (χ1) is 8.74. The van der Waals surface area contributed by atoms with Gasteiger partial charge in [0, 0.05) is 13.1 Å². The first-order valence-corrected chi connectivity index (χ1v) is 6.48. The largest absolute Gasteiger partial charge is 0.469 e. The van der Waals surface area contributed by atoms with Gasteiger partial charge in [0.05, 0.1) is 13.2 Å². The Morgan fingerprint density at radius 3 is 2.47 bits per heavy atom. The van der Waals surface area contributed by atoms with E-state index in [9.17, 15) is 14.7 Å². The third-order valence-electron chi connectivity index (χ3n) is 2.97. The lowest BCUT2D eigenvalue weighted by atomic mass is 10.0. The Kier molecular flexibility index (Phi) is 5.17. The lowest BCUT2D eigenvalue weighted by Crippen LogP contribution is -2.42. The molecule has 2 unspecified atom stereocenters. The normalized spacial score (nSPS) is 24.6. The van der Waals surface area contributed by atoms with Gasteiger partial charge in [-0.2, -0.15) is 0 Å². The van der Waals surface area contributed by atoms with Gasteiger partial charge in [-0.15, -0.1) is 0 Å². The fraction of sp³-hybridized carbons (Fsp3) is 0.846. The van der Waals surface area contributed by atoms with E-state index in [2.05, 4.69) is 4.74 Å². The van der Waals surface area contributed by atoms with Gasteiger partial charge < -0.3 is 19.5 Å². The molecule has 110 valence electrons. The van der Waals surface area contributed by atoms with Gasteiger partial charge >= 0.3 is 12.1 Å². The van der Waals surface area contributed by atoms with Crippen LogP contribution in [0.1, 0.15) is 33.6 Å². The molecule has 2 atom stereocenters. The maximum Gasteiger partial charge on any atom is 0.410 e. The SMILES string of the molecule is COC(=O)C1CN(C(=O)OC(C)(C)C)CCCC1O.